The van der Waals surface area contributed by atoms with Crippen LogP contribution in [0.15, 0.2) is 36.2 Å². The molecule has 64 valence electrons. The van der Waals surface area contributed by atoms with Crippen LogP contribution < -0.4 is 68.4 Å². The second kappa shape index (κ2) is 7.55. The van der Waals surface area contributed by atoms with Gasteiger partial charge in [-0.15, -0.1) is 0 Å². The average molecular weight is 201 g/mol. The van der Waals surface area contributed by atoms with Crippen molar-refractivity contribution in [2.45, 2.75) is 6.42 Å². The van der Waals surface area contributed by atoms with Crippen molar-refractivity contribution in [3.05, 3.63) is 47.8 Å². The van der Waals surface area contributed by atoms with E-state index in [0.29, 0.717) is 12.1 Å². The quantitative estimate of drug-likeness (QED) is 0.216. The van der Waals surface area contributed by atoms with E-state index in [9.17, 15) is 0 Å². The number of benzene rings is 1. The number of hydrogen-bond acceptors (Lipinski definition) is 3. The van der Waals surface area contributed by atoms with Crippen molar-refractivity contribution in [3.8, 4) is 0 Å². The van der Waals surface area contributed by atoms with E-state index in [1.165, 1.54) is 0 Å². The first kappa shape index (κ1) is 13.2. The van der Waals surface area contributed by atoms with E-state index >= 15 is 0 Å². The van der Waals surface area contributed by atoms with Gasteiger partial charge in [-0.1, -0.05) is 0 Å². The van der Waals surface area contributed by atoms with Crippen molar-refractivity contribution in [3.63, 3.8) is 0 Å². The Balaban J connectivity index is 0.00000144. The summed E-state index contributed by atoms with van der Waals surface area (Å²) in [5.74, 6) is 5.07. The van der Waals surface area contributed by atoms with Crippen molar-refractivity contribution in [2.75, 3.05) is 0 Å². The fourth-order valence-corrected chi connectivity index (χ4v) is 0.933. The largest absolute Gasteiger partial charge is 1.00 e. The Morgan fingerprint density at radius 2 is 2.08 bits per heavy atom. The smallest absolute Gasteiger partial charge is 0.401 e. The van der Waals surface area contributed by atoms with Crippen molar-refractivity contribution in [1.82, 2.24) is 5.43 Å². The molecule has 0 bridgehead atoms. The maximum atomic E-state index is 5.62. The molecule has 1 rings (SSSR count). The molecular formula is C9H12KN3. The molecule has 0 saturated carbocycles. The Labute approximate surface area is 121 Å². The summed E-state index contributed by atoms with van der Waals surface area (Å²) in [6.07, 6.45) is 2.29. The molecule has 3 nitrogen and oxygen atoms in total. The molecule has 1 aromatic rings. The molecule has 13 heavy (non-hydrogen) atoms. The van der Waals surface area contributed by atoms with Crippen LogP contribution in [0.4, 0.5) is 0 Å². The zero-order valence-corrected chi connectivity index (χ0v) is 10.9. The van der Waals surface area contributed by atoms with Crippen LogP contribution in [0.1, 0.15) is 5.56 Å². The minimum Gasteiger partial charge on any atom is -0.401 e. The van der Waals surface area contributed by atoms with Crippen LogP contribution in [0, 0.1) is 6.07 Å². The summed E-state index contributed by atoms with van der Waals surface area (Å²) in [6.45, 7) is 0. The molecule has 0 unspecified atom stereocenters. The van der Waals surface area contributed by atoms with E-state index in [1.54, 1.807) is 6.20 Å². The van der Waals surface area contributed by atoms with Gasteiger partial charge in [0.05, 0.1) is 0 Å². The molecule has 0 fully saturated rings. The van der Waals surface area contributed by atoms with Crippen LogP contribution in [0.3, 0.4) is 0 Å². The molecule has 5 N–H and O–H groups in total. The van der Waals surface area contributed by atoms with Gasteiger partial charge in [-0.3, -0.25) is 5.84 Å². The fourth-order valence-electron chi connectivity index (χ4n) is 0.933. The topological polar surface area (TPSA) is 64.1 Å². The number of hydrazine groups is 1. The molecule has 0 aliphatic heterocycles. The Hall–Kier alpha value is 0.156. The summed E-state index contributed by atoms with van der Waals surface area (Å²) in [7, 11) is 0. The summed E-state index contributed by atoms with van der Waals surface area (Å²) < 4.78 is 0. The van der Waals surface area contributed by atoms with Crippen molar-refractivity contribution < 1.29 is 51.4 Å². The van der Waals surface area contributed by atoms with Gasteiger partial charge in [0.25, 0.3) is 0 Å². The number of allylic oxidation sites excluding steroid dienone is 1. The first-order valence-electron chi connectivity index (χ1n) is 3.68. The van der Waals surface area contributed by atoms with Crippen LogP contribution >= 0.6 is 0 Å². The van der Waals surface area contributed by atoms with E-state index in [0.717, 1.165) is 5.56 Å². The molecule has 0 radical (unpaired) electrons. The predicted octanol–water partition coefficient (Wildman–Crippen LogP) is -2.70. The first-order valence-corrected chi connectivity index (χ1v) is 3.68. The number of hydrogen-bond donors (Lipinski definition) is 3. The summed E-state index contributed by atoms with van der Waals surface area (Å²) in [5, 5.41) is 0. The SMILES string of the molecule is NN/C=C(\N)Cc1cc[c-]cc1.[K+]. The van der Waals surface area contributed by atoms with Crippen molar-refractivity contribution >= 4 is 0 Å². The van der Waals surface area contributed by atoms with Crippen LogP contribution in [0.2, 0.25) is 0 Å². The van der Waals surface area contributed by atoms with Gasteiger partial charge >= 0.3 is 51.4 Å². The summed E-state index contributed by atoms with van der Waals surface area (Å²) >= 11 is 0. The molecule has 0 saturated heterocycles. The van der Waals surface area contributed by atoms with Gasteiger partial charge in [0.1, 0.15) is 0 Å². The molecule has 1 aromatic carbocycles. The third-order valence-electron chi connectivity index (χ3n) is 1.46. The van der Waals surface area contributed by atoms with Crippen LogP contribution in [0.5, 0.6) is 0 Å². The zero-order valence-electron chi connectivity index (χ0n) is 7.75. The molecule has 0 amide bonds. The molecule has 0 aliphatic rings. The third-order valence-corrected chi connectivity index (χ3v) is 1.46. The van der Waals surface area contributed by atoms with Gasteiger partial charge in [-0.05, 0) is 6.42 Å². The molecule has 0 aromatic heterocycles. The first-order chi connectivity index (χ1) is 5.83. The molecule has 0 heterocycles. The molecule has 4 heteroatoms. The van der Waals surface area contributed by atoms with Crippen LogP contribution in [-0.2, 0) is 6.42 Å². The minimum atomic E-state index is 0. The second-order valence-electron chi connectivity index (χ2n) is 2.47. The van der Waals surface area contributed by atoms with Gasteiger partial charge in [0, 0.05) is 11.9 Å². The van der Waals surface area contributed by atoms with Gasteiger partial charge < -0.3 is 11.2 Å². The van der Waals surface area contributed by atoms with Crippen LogP contribution in [-0.4, -0.2) is 0 Å². The van der Waals surface area contributed by atoms with Gasteiger partial charge in [-0.2, -0.15) is 35.9 Å². The second-order valence-corrected chi connectivity index (χ2v) is 2.47. The molecule has 0 spiro atoms. The predicted molar refractivity (Wildman–Crippen MR) is 48.6 cm³/mol. The number of rotatable bonds is 3. The Bertz CT molecular complexity index is 259. The number of nitrogens with one attached hydrogen (secondary N) is 1. The number of nitrogens with two attached hydrogens (primary N) is 2. The summed E-state index contributed by atoms with van der Waals surface area (Å²) in [4.78, 5) is 0. The van der Waals surface area contributed by atoms with E-state index in [2.05, 4.69) is 11.5 Å². The average Bonchev–Trinajstić information content (AvgIpc) is 2.06. The summed E-state index contributed by atoms with van der Waals surface area (Å²) in [6, 6.07) is 10.6. The van der Waals surface area contributed by atoms with Crippen molar-refractivity contribution in [1.29, 1.82) is 0 Å². The molecular weight excluding hydrogens is 189 g/mol. The van der Waals surface area contributed by atoms with Gasteiger partial charge in [-0.25, -0.2) is 0 Å². The molecule has 0 aliphatic carbocycles. The van der Waals surface area contributed by atoms with Crippen molar-refractivity contribution in [2.24, 2.45) is 11.6 Å². The minimum absolute atomic E-state index is 0. The third kappa shape index (κ3) is 5.46. The van der Waals surface area contributed by atoms with Crippen LogP contribution in [0.25, 0.3) is 0 Å². The van der Waals surface area contributed by atoms with E-state index in [-0.39, 0.29) is 51.4 Å². The Morgan fingerprint density at radius 3 is 2.62 bits per heavy atom. The monoisotopic (exact) mass is 201 g/mol. The Morgan fingerprint density at radius 1 is 1.46 bits per heavy atom. The van der Waals surface area contributed by atoms with E-state index < -0.39 is 0 Å². The maximum absolute atomic E-state index is 5.62. The van der Waals surface area contributed by atoms with E-state index in [1.807, 2.05) is 24.3 Å². The standard InChI is InChI=1S/C9H12N3.K/c10-9(7-12-11)6-8-4-2-1-3-5-8;/h2-5,7,12H,6,10-11H2;/q-1;+1/b9-7-;. The van der Waals surface area contributed by atoms with Gasteiger partial charge in [0.15, 0.2) is 0 Å². The summed E-state index contributed by atoms with van der Waals surface area (Å²) in [5.41, 5.74) is 9.88. The fraction of sp³-hybridized carbons (Fsp3) is 0.111. The zero-order chi connectivity index (χ0) is 8.81. The maximum Gasteiger partial charge on any atom is 1.00 e. The normalized spacial score (nSPS) is 10.4. The molecule has 0 atom stereocenters. The van der Waals surface area contributed by atoms with Gasteiger partial charge in [0.2, 0.25) is 0 Å². The Kier molecular flexibility index (Phi) is 7.64. The van der Waals surface area contributed by atoms with E-state index in [4.69, 9.17) is 11.6 Å².